The van der Waals surface area contributed by atoms with Gasteiger partial charge < -0.3 is 0 Å². The monoisotopic (exact) mass is 143 g/mol. The van der Waals surface area contributed by atoms with Gasteiger partial charge in [-0.05, 0) is 20.8 Å². The summed E-state index contributed by atoms with van der Waals surface area (Å²) in [5.41, 5.74) is 2.98. The zero-order chi connectivity index (χ0) is 7.33. The fourth-order valence-corrected chi connectivity index (χ4v) is 2.83. The Morgan fingerprint density at radius 3 is 1.44 bits per heavy atom. The molecular formula is C8H16P+. The molecule has 0 N–H and O–H groups in total. The molecule has 0 saturated carbocycles. The van der Waals surface area contributed by atoms with Crippen molar-refractivity contribution in [2.75, 3.05) is 18.5 Å². The average Bonchev–Trinajstić information content (AvgIpc) is 1.95. The van der Waals surface area contributed by atoms with E-state index in [2.05, 4.69) is 26.4 Å². The number of hydrogen-bond acceptors (Lipinski definition) is 0. The first kappa shape index (κ1) is 8.99. The third-order valence-electron chi connectivity index (χ3n) is 2.09. The molecule has 0 unspecified atom stereocenters. The van der Waals surface area contributed by atoms with Crippen LogP contribution in [0.25, 0.3) is 0 Å². The van der Waals surface area contributed by atoms with Gasteiger partial charge in [0.1, 0.15) is 0 Å². The van der Waals surface area contributed by atoms with E-state index in [1.807, 2.05) is 0 Å². The predicted molar refractivity (Wildman–Crippen MR) is 47.4 cm³/mol. The number of hydrogen-bond donors (Lipinski definition) is 0. The van der Waals surface area contributed by atoms with Crippen molar-refractivity contribution in [3.63, 3.8) is 0 Å². The Labute approximate surface area is 59.4 Å². The summed E-state index contributed by atoms with van der Waals surface area (Å²) in [6, 6.07) is 0. The summed E-state index contributed by atoms with van der Waals surface area (Å²) in [7, 11) is -0.892. The second-order valence-corrected chi connectivity index (χ2v) is 6.67. The highest BCUT2D eigenvalue weighted by molar-refractivity contribution is 7.80. The minimum Gasteiger partial charge on any atom is -0.0768 e. The van der Waals surface area contributed by atoms with Crippen LogP contribution in [0.5, 0.6) is 0 Å². The van der Waals surface area contributed by atoms with Crippen molar-refractivity contribution in [2.45, 2.75) is 20.8 Å². The van der Waals surface area contributed by atoms with Crippen LogP contribution in [0.1, 0.15) is 20.8 Å². The first-order valence-electron chi connectivity index (χ1n) is 3.58. The number of rotatable bonds is 3. The highest BCUT2D eigenvalue weighted by atomic mass is 31.2. The predicted octanol–water partition coefficient (Wildman–Crippen LogP) is 2.65. The lowest BCUT2D eigenvalue weighted by molar-refractivity contribution is 1.33. The van der Waals surface area contributed by atoms with Gasteiger partial charge in [0, 0.05) is 0 Å². The highest BCUT2D eigenvalue weighted by Crippen LogP contribution is 2.56. The van der Waals surface area contributed by atoms with Crippen LogP contribution in [0.15, 0.2) is 0 Å². The summed E-state index contributed by atoms with van der Waals surface area (Å²) < 4.78 is 0. The van der Waals surface area contributed by atoms with Crippen LogP contribution in [-0.4, -0.2) is 18.5 Å². The van der Waals surface area contributed by atoms with Crippen molar-refractivity contribution < 1.29 is 0 Å². The van der Waals surface area contributed by atoms with E-state index in [9.17, 15) is 0 Å². The highest BCUT2D eigenvalue weighted by Gasteiger charge is 2.28. The summed E-state index contributed by atoms with van der Waals surface area (Å²) in [6.07, 6.45) is 9.09. The Morgan fingerprint density at radius 1 is 1.11 bits per heavy atom. The van der Waals surface area contributed by atoms with Gasteiger partial charge in [0.2, 0.25) is 0 Å². The summed E-state index contributed by atoms with van der Waals surface area (Å²) in [5.74, 6) is 0. The van der Waals surface area contributed by atoms with Crippen molar-refractivity contribution >= 4 is 7.26 Å². The van der Waals surface area contributed by atoms with Gasteiger partial charge in [-0.25, -0.2) is 0 Å². The molecule has 0 aliphatic heterocycles. The molecule has 0 spiro atoms. The molecule has 0 bridgehead atoms. The van der Waals surface area contributed by atoms with Crippen LogP contribution in [-0.2, 0) is 0 Å². The normalized spacial score (nSPS) is 10.9. The first-order valence-corrected chi connectivity index (χ1v) is 5.93. The molecule has 0 aromatic carbocycles. The van der Waals surface area contributed by atoms with E-state index in [1.54, 1.807) is 0 Å². The SMILES string of the molecule is C#C[P+](CC)(CC)CC. The third kappa shape index (κ3) is 1.99. The van der Waals surface area contributed by atoms with Crippen LogP contribution in [0.2, 0.25) is 0 Å². The van der Waals surface area contributed by atoms with Gasteiger partial charge in [-0.15, -0.1) is 0 Å². The minimum absolute atomic E-state index is 0.892. The lowest BCUT2D eigenvalue weighted by Gasteiger charge is -2.13. The maximum Gasteiger partial charge on any atom is 0.0909 e. The largest absolute Gasteiger partial charge is 0.0909 e. The van der Waals surface area contributed by atoms with Crippen molar-refractivity contribution in [1.29, 1.82) is 0 Å². The summed E-state index contributed by atoms with van der Waals surface area (Å²) in [6.45, 7) is 6.63. The van der Waals surface area contributed by atoms with E-state index < -0.39 is 7.26 Å². The lowest BCUT2D eigenvalue weighted by atomic mass is 10.9. The first-order chi connectivity index (χ1) is 4.24. The fraction of sp³-hybridized carbons (Fsp3) is 0.750. The van der Waals surface area contributed by atoms with Gasteiger partial charge >= 0.3 is 0 Å². The molecule has 0 saturated heterocycles. The van der Waals surface area contributed by atoms with Gasteiger partial charge in [-0.3, -0.25) is 0 Å². The molecular weight excluding hydrogens is 127 g/mol. The molecule has 9 heavy (non-hydrogen) atoms. The average molecular weight is 143 g/mol. The van der Waals surface area contributed by atoms with Crippen molar-refractivity contribution in [2.24, 2.45) is 0 Å². The summed E-state index contributed by atoms with van der Waals surface area (Å²) in [4.78, 5) is 0. The van der Waals surface area contributed by atoms with Gasteiger partial charge in [-0.2, -0.15) is 0 Å². The molecule has 0 nitrogen and oxygen atoms in total. The van der Waals surface area contributed by atoms with E-state index in [1.165, 1.54) is 18.5 Å². The van der Waals surface area contributed by atoms with Crippen LogP contribution < -0.4 is 0 Å². The van der Waals surface area contributed by atoms with Crippen LogP contribution in [0.3, 0.4) is 0 Å². The van der Waals surface area contributed by atoms with E-state index in [4.69, 9.17) is 6.42 Å². The quantitative estimate of drug-likeness (QED) is 0.421. The van der Waals surface area contributed by atoms with Crippen molar-refractivity contribution in [1.82, 2.24) is 0 Å². The molecule has 0 aliphatic rings. The van der Waals surface area contributed by atoms with Crippen LogP contribution in [0, 0.1) is 12.1 Å². The van der Waals surface area contributed by atoms with Gasteiger partial charge in [0.25, 0.3) is 0 Å². The molecule has 1 heteroatoms. The Morgan fingerprint density at radius 2 is 1.44 bits per heavy atom. The molecule has 0 fully saturated rings. The van der Waals surface area contributed by atoms with Crippen LogP contribution >= 0.6 is 7.26 Å². The Bertz CT molecular complexity index is 98.0. The molecule has 0 rings (SSSR count). The van der Waals surface area contributed by atoms with E-state index in [0.717, 1.165) is 0 Å². The summed E-state index contributed by atoms with van der Waals surface area (Å²) in [5, 5.41) is 0. The molecule has 0 aliphatic carbocycles. The van der Waals surface area contributed by atoms with Crippen LogP contribution in [0.4, 0.5) is 0 Å². The topological polar surface area (TPSA) is 0 Å². The number of terminal acetylenes is 1. The smallest absolute Gasteiger partial charge is 0.0768 e. The molecule has 0 heterocycles. The fourth-order valence-electron chi connectivity index (χ4n) is 0.945. The van der Waals surface area contributed by atoms with E-state index in [-0.39, 0.29) is 0 Å². The van der Waals surface area contributed by atoms with E-state index in [0.29, 0.717) is 0 Å². The second kappa shape index (κ2) is 3.91. The van der Waals surface area contributed by atoms with Crippen molar-refractivity contribution in [3.05, 3.63) is 0 Å². The zero-order valence-corrected chi connectivity index (χ0v) is 7.54. The lowest BCUT2D eigenvalue weighted by Crippen LogP contribution is -1.98. The second-order valence-electron chi connectivity index (χ2n) is 2.22. The maximum atomic E-state index is 5.44. The third-order valence-corrected chi connectivity index (χ3v) is 6.27. The van der Waals surface area contributed by atoms with Gasteiger partial charge in [0.05, 0.1) is 31.4 Å². The van der Waals surface area contributed by atoms with Gasteiger partial charge in [0.15, 0.2) is 0 Å². The molecule has 0 aromatic rings. The zero-order valence-electron chi connectivity index (χ0n) is 6.65. The van der Waals surface area contributed by atoms with Crippen molar-refractivity contribution in [3.8, 4) is 12.1 Å². The Kier molecular flexibility index (Phi) is 3.91. The molecule has 0 atom stereocenters. The molecule has 52 valence electrons. The molecule has 0 radical (unpaired) electrons. The molecule has 0 amide bonds. The van der Waals surface area contributed by atoms with E-state index >= 15 is 0 Å². The standard InChI is InChI=1S/C8H16P/c1-5-9(6-2,7-3)8-4/h1H,6-8H2,2-4H3/q+1. The maximum absolute atomic E-state index is 5.44. The van der Waals surface area contributed by atoms with Gasteiger partial charge in [-0.1, -0.05) is 6.42 Å². The Hall–Kier alpha value is -0.0100. The summed E-state index contributed by atoms with van der Waals surface area (Å²) >= 11 is 0. The Balaban J connectivity index is 4.04. The minimum atomic E-state index is -0.892. The molecule has 0 aromatic heterocycles.